The Balaban J connectivity index is 1.52. The highest BCUT2D eigenvalue weighted by Crippen LogP contribution is 2.48. The molecular weight excluding hydrogens is 322 g/mol. The van der Waals surface area contributed by atoms with Crippen LogP contribution in [0.1, 0.15) is 41.8 Å². The molecule has 2 aromatic carbocycles. The largest absolute Gasteiger partial charge is 0.345 e. The number of nitrogens with one attached hydrogen (secondary N) is 1. The van der Waals surface area contributed by atoms with Crippen molar-refractivity contribution in [2.24, 2.45) is 5.92 Å². The number of nitrogens with zero attached hydrogens (tertiary/aromatic N) is 2. The van der Waals surface area contributed by atoms with Crippen molar-refractivity contribution in [2.45, 2.75) is 38.1 Å². The zero-order valence-electron chi connectivity index (χ0n) is 15.2. The highest BCUT2D eigenvalue weighted by molar-refractivity contribution is 5.97. The molecule has 2 bridgehead atoms. The second-order valence-corrected chi connectivity index (χ2v) is 8.02. The molecule has 4 heteroatoms. The van der Waals surface area contributed by atoms with Crippen molar-refractivity contribution in [3.8, 4) is 0 Å². The second-order valence-electron chi connectivity index (χ2n) is 8.02. The standard InChI is InChI=1S/C22H23N3O/c1-14-20-12-15-5-3-4-6-17(15)22(14,2)9-10-25(20)21(26)16-7-8-18-19(11-16)24-13-23-18/h3-8,11,13-14,20H,9-10,12H2,1-2H3,(H,23,24)/t14?,20-,22-/m1/s1. The SMILES string of the molecule is CC1[C@H]2Cc3ccccc3[C@]1(C)CCN2C(=O)c1ccc2nc[nH]c2c1. The molecule has 3 atom stereocenters. The third-order valence-corrected chi connectivity index (χ3v) is 6.84. The number of benzene rings is 2. The van der Waals surface area contributed by atoms with Crippen LogP contribution in [0.15, 0.2) is 48.8 Å². The van der Waals surface area contributed by atoms with Crippen LogP contribution < -0.4 is 0 Å². The fourth-order valence-corrected chi connectivity index (χ4v) is 5.08. The molecule has 1 amide bonds. The molecule has 1 aliphatic heterocycles. The van der Waals surface area contributed by atoms with Crippen LogP contribution in [-0.2, 0) is 11.8 Å². The molecule has 1 N–H and O–H groups in total. The van der Waals surface area contributed by atoms with Gasteiger partial charge in [0.25, 0.3) is 5.91 Å². The number of aromatic nitrogens is 2. The molecule has 2 aliphatic rings. The van der Waals surface area contributed by atoms with E-state index in [2.05, 4.69) is 53.0 Å². The minimum atomic E-state index is 0.139. The van der Waals surface area contributed by atoms with Crippen molar-refractivity contribution in [3.05, 3.63) is 65.5 Å². The van der Waals surface area contributed by atoms with Gasteiger partial charge in [-0.05, 0) is 53.5 Å². The van der Waals surface area contributed by atoms with Crippen molar-refractivity contribution in [1.82, 2.24) is 14.9 Å². The van der Waals surface area contributed by atoms with Gasteiger partial charge in [0, 0.05) is 18.2 Å². The first-order valence-electron chi connectivity index (χ1n) is 9.40. The van der Waals surface area contributed by atoms with Crippen molar-refractivity contribution in [3.63, 3.8) is 0 Å². The number of imidazole rings is 1. The normalized spacial score (nSPS) is 27.4. The molecule has 1 fully saturated rings. The van der Waals surface area contributed by atoms with Gasteiger partial charge in [-0.3, -0.25) is 4.79 Å². The van der Waals surface area contributed by atoms with E-state index >= 15 is 0 Å². The first kappa shape index (κ1) is 15.6. The quantitative estimate of drug-likeness (QED) is 0.726. The van der Waals surface area contributed by atoms with Gasteiger partial charge < -0.3 is 9.88 Å². The molecule has 2 heterocycles. The molecule has 132 valence electrons. The highest BCUT2D eigenvalue weighted by atomic mass is 16.2. The summed E-state index contributed by atoms with van der Waals surface area (Å²) in [6.45, 7) is 5.51. The summed E-state index contributed by atoms with van der Waals surface area (Å²) in [6, 6.07) is 14.8. The van der Waals surface area contributed by atoms with E-state index in [1.165, 1.54) is 11.1 Å². The number of rotatable bonds is 1. The Morgan fingerprint density at radius 1 is 1.27 bits per heavy atom. The molecule has 1 aromatic heterocycles. The molecule has 1 unspecified atom stereocenters. The molecule has 1 saturated heterocycles. The molecule has 0 radical (unpaired) electrons. The van der Waals surface area contributed by atoms with Gasteiger partial charge in [0.2, 0.25) is 0 Å². The lowest BCUT2D eigenvalue weighted by Gasteiger charge is -2.54. The molecule has 3 aromatic rings. The lowest BCUT2D eigenvalue weighted by atomic mass is 9.59. The number of H-pyrrole nitrogens is 1. The van der Waals surface area contributed by atoms with Crippen molar-refractivity contribution in [2.75, 3.05) is 6.54 Å². The van der Waals surface area contributed by atoms with Gasteiger partial charge in [-0.2, -0.15) is 0 Å². The number of amides is 1. The van der Waals surface area contributed by atoms with Gasteiger partial charge in [-0.15, -0.1) is 0 Å². The fourth-order valence-electron chi connectivity index (χ4n) is 5.08. The minimum absolute atomic E-state index is 0.139. The van der Waals surface area contributed by atoms with Crippen molar-refractivity contribution in [1.29, 1.82) is 0 Å². The number of hydrogen-bond donors (Lipinski definition) is 1. The van der Waals surface area contributed by atoms with Gasteiger partial charge in [0.15, 0.2) is 0 Å². The smallest absolute Gasteiger partial charge is 0.254 e. The summed E-state index contributed by atoms with van der Waals surface area (Å²) in [6.07, 6.45) is 3.64. The Morgan fingerprint density at radius 2 is 2.12 bits per heavy atom. The molecule has 0 saturated carbocycles. The third kappa shape index (κ3) is 2.08. The topological polar surface area (TPSA) is 49.0 Å². The monoisotopic (exact) mass is 345 g/mol. The Hall–Kier alpha value is -2.62. The van der Waals surface area contributed by atoms with E-state index in [9.17, 15) is 4.79 Å². The van der Waals surface area contributed by atoms with Crippen LogP contribution in [0.3, 0.4) is 0 Å². The molecule has 4 nitrogen and oxygen atoms in total. The lowest BCUT2D eigenvalue weighted by Crippen LogP contribution is -2.59. The Morgan fingerprint density at radius 3 is 3.00 bits per heavy atom. The van der Waals surface area contributed by atoms with Gasteiger partial charge in [0.05, 0.1) is 17.4 Å². The number of carbonyl (C=O) groups excluding carboxylic acids is 1. The van der Waals surface area contributed by atoms with E-state index in [0.717, 1.165) is 36.0 Å². The first-order valence-corrected chi connectivity index (χ1v) is 9.40. The maximum absolute atomic E-state index is 13.3. The average molecular weight is 345 g/mol. The van der Waals surface area contributed by atoms with Crippen LogP contribution in [0.4, 0.5) is 0 Å². The van der Waals surface area contributed by atoms with E-state index in [4.69, 9.17) is 0 Å². The molecular formula is C22H23N3O. The maximum atomic E-state index is 13.3. The zero-order chi connectivity index (χ0) is 17.9. The van der Waals surface area contributed by atoms with Crippen LogP contribution in [0.25, 0.3) is 11.0 Å². The first-order chi connectivity index (χ1) is 12.6. The second kappa shape index (κ2) is 5.44. The summed E-state index contributed by atoms with van der Waals surface area (Å²) < 4.78 is 0. The van der Waals surface area contributed by atoms with Crippen LogP contribution in [-0.4, -0.2) is 33.4 Å². The van der Waals surface area contributed by atoms with Crippen molar-refractivity contribution >= 4 is 16.9 Å². The lowest BCUT2D eigenvalue weighted by molar-refractivity contribution is 0.0251. The van der Waals surface area contributed by atoms with E-state index in [1.54, 1.807) is 6.33 Å². The van der Waals surface area contributed by atoms with Crippen LogP contribution >= 0.6 is 0 Å². The zero-order valence-corrected chi connectivity index (χ0v) is 15.2. The summed E-state index contributed by atoms with van der Waals surface area (Å²) in [5, 5.41) is 0. The number of likely N-dealkylation sites (tertiary alicyclic amines) is 1. The molecule has 0 spiro atoms. The summed E-state index contributed by atoms with van der Waals surface area (Å²) in [4.78, 5) is 22.8. The summed E-state index contributed by atoms with van der Waals surface area (Å²) in [7, 11) is 0. The Bertz CT molecular complexity index is 1010. The molecule has 1 aliphatic carbocycles. The maximum Gasteiger partial charge on any atom is 0.254 e. The Labute approximate surface area is 153 Å². The minimum Gasteiger partial charge on any atom is -0.345 e. The van der Waals surface area contributed by atoms with Crippen LogP contribution in [0.5, 0.6) is 0 Å². The van der Waals surface area contributed by atoms with Gasteiger partial charge in [-0.25, -0.2) is 4.98 Å². The van der Waals surface area contributed by atoms with Crippen LogP contribution in [0, 0.1) is 5.92 Å². The third-order valence-electron chi connectivity index (χ3n) is 6.84. The number of aromatic amines is 1. The predicted octanol–water partition coefficient (Wildman–Crippen LogP) is 3.93. The van der Waals surface area contributed by atoms with Gasteiger partial charge in [-0.1, -0.05) is 38.1 Å². The van der Waals surface area contributed by atoms with Gasteiger partial charge in [0.1, 0.15) is 0 Å². The Kier molecular flexibility index (Phi) is 3.27. The van der Waals surface area contributed by atoms with E-state index in [-0.39, 0.29) is 17.4 Å². The average Bonchev–Trinajstić information content (AvgIpc) is 3.12. The number of carbonyl (C=O) groups is 1. The van der Waals surface area contributed by atoms with E-state index < -0.39 is 0 Å². The summed E-state index contributed by atoms with van der Waals surface area (Å²) in [5.41, 5.74) is 5.60. The summed E-state index contributed by atoms with van der Waals surface area (Å²) >= 11 is 0. The van der Waals surface area contributed by atoms with Gasteiger partial charge >= 0.3 is 0 Å². The fraction of sp³-hybridized carbons (Fsp3) is 0.364. The number of fused-ring (bicyclic) bond motifs is 5. The van der Waals surface area contributed by atoms with E-state index in [0.29, 0.717) is 5.92 Å². The highest BCUT2D eigenvalue weighted by Gasteiger charge is 2.49. The molecule has 5 rings (SSSR count). The van der Waals surface area contributed by atoms with Crippen molar-refractivity contribution < 1.29 is 4.79 Å². The van der Waals surface area contributed by atoms with E-state index in [1.807, 2.05) is 18.2 Å². The van der Waals surface area contributed by atoms with Crippen LogP contribution in [0.2, 0.25) is 0 Å². The number of piperidine rings is 1. The summed E-state index contributed by atoms with van der Waals surface area (Å²) in [5.74, 6) is 0.589. The molecule has 26 heavy (non-hydrogen) atoms. The predicted molar refractivity (Wildman–Crippen MR) is 102 cm³/mol. The number of hydrogen-bond acceptors (Lipinski definition) is 2.